The molecule has 0 saturated heterocycles. The van der Waals surface area contributed by atoms with Gasteiger partial charge in [0, 0.05) is 6.42 Å². The van der Waals surface area contributed by atoms with E-state index >= 15 is 0 Å². The highest BCUT2D eigenvalue weighted by Crippen LogP contribution is 2.19. The molecular weight excluding hydrogens is 236 g/mol. The third-order valence-electron chi connectivity index (χ3n) is 4.00. The lowest BCUT2D eigenvalue weighted by Crippen LogP contribution is -1.97. The fourth-order valence-corrected chi connectivity index (χ4v) is 2.82. The van der Waals surface area contributed by atoms with Crippen molar-refractivity contribution in [2.75, 3.05) is 0 Å². The Morgan fingerprint density at radius 2 is 1.47 bits per heavy atom. The summed E-state index contributed by atoms with van der Waals surface area (Å²) >= 11 is 0. The summed E-state index contributed by atoms with van der Waals surface area (Å²) in [6.07, 6.45) is 17.6. The van der Waals surface area contributed by atoms with Crippen LogP contribution in [-0.4, -0.2) is 6.47 Å². The van der Waals surface area contributed by atoms with E-state index in [4.69, 9.17) is 4.74 Å². The molecule has 0 amide bonds. The van der Waals surface area contributed by atoms with Crippen LogP contribution in [0, 0.1) is 5.92 Å². The van der Waals surface area contributed by atoms with Crippen LogP contribution in [0.1, 0.15) is 84.0 Å². The smallest absolute Gasteiger partial charge is 0.298 e. The van der Waals surface area contributed by atoms with Gasteiger partial charge in [0.25, 0.3) is 6.47 Å². The third kappa shape index (κ3) is 8.85. The van der Waals surface area contributed by atoms with Crippen molar-refractivity contribution >= 4 is 6.47 Å². The van der Waals surface area contributed by atoms with E-state index in [1.807, 2.05) is 0 Å². The molecule has 0 fully saturated rings. The van der Waals surface area contributed by atoms with Crippen LogP contribution in [0.25, 0.3) is 0 Å². The van der Waals surface area contributed by atoms with Crippen molar-refractivity contribution in [1.29, 1.82) is 0 Å². The molecule has 19 heavy (non-hydrogen) atoms. The van der Waals surface area contributed by atoms with E-state index in [-0.39, 0.29) is 0 Å². The van der Waals surface area contributed by atoms with Crippen LogP contribution in [0.3, 0.4) is 0 Å². The third-order valence-corrected chi connectivity index (χ3v) is 4.00. The predicted octanol–water partition coefficient (Wildman–Crippen LogP) is 5.37. The van der Waals surface area contributed by atoms with Gasteiger partial charge in [-0.1, -0.05) is 64.7 Å². The van der Waals surface area contributed by atoms with Crippen molar-refractivity contribution in [3.63, 3.8) is 0 Å². The van der Waals surface area contributed by atoms with E-state index in [0.717, 1.165) is 18.6 Å². The molecule has 2 heteroatoms. The van der Waals surface area contributed by atoms with Crippen LogP contribution < -0.4 is 0 Å². The zero-order valence-electron chi connectivity index (χ0n) is 12.5. The first kappa shape index (κ1) is 16.3. The molecule has 0 radical (unpaired) electrons. The van der Waals surface area contributed by atoms with Gasteiger partial charge in [0.1, 0.15) is 5.76 Å². The first-order valence-electron chi connectivity index (χ1n) is 8.14. The molecule has 0 bridgehead atoms. The molecule has 110 valence electrons. The van der Waals surface area contributed by atoms with E-state index in [2.05, 4.69) is 13.0 Å². The zero-order chi connectivity index (χ0) is 13.8. The highest BCUT2D eigenvalue weighted by atomic mass is 16.5. The monoisotopic (exact) mass is 266 g/mol. The number of carbonyl (C=O) groups excluding carboxylic acids is 1. The molecule has 0 aromatic heterocycles. The Kier molecular flexibility index (Phi) is 9.48. The van der Waals surface area contributed by atoms with E-state index in [9.17, 15) is 4.79 Å². The van der Waals surface area contributed by atoms with Crippen LogP contribution in [0.5, 0.6) is 0 Å². The standard InChI is InChI=1S/C17H30O2/c1-16-12-10-8-6-4-2-3-5-7-9-11-13-17(14-16)19-15-18/h14-16H,2-13H2,1H3. The summed E-state index contributed by atoms with van der Waals surface area (Å²) in [4.78, 5) is 10.5. The van der Waals surface area contributed by atoms with Crippen molar-refractivity contribution in [2.45, 2.75) is 84.0 Å². The van der Waals surface area contributed by atoms with Gasteiger partial charge < -0.3 is 4.74 Å². The van der Waals surface area contributed by atoms with Crippen LogP contribution in [0.4, 0.5) is 0 Å². The highest BCUT2D eigenvalue weighted by molar-refractivity contribution is 5.39. The number of ether oxygens (including phenoxy) is 1. The molecule has 0 spiro atoms. The summed E-state index contributed by atoms with van der Waals surface area (Å²) in [5, 5.41) is 0. The Bertz CT molecular complexity index is 258. The normalized spacial score (nSPS) is 24.7. The Labute approximate surface area is 118 Å². The molecule has 1 rings (SSSR count). The van der Waals surface area contributed by atoms with Gasteiger partial charge in [-0.15, -0.1) is 0 Å². The van der Waals surface area contributed by atoms with Crippen LogP contribution in [0.15, 0.2) is 11.8 Å². The fraction of sp³-hybridized carbons (Fsp3) is 0.824. The summed E-state index contributed by atoms with van der Waals surface area (Å²) in [6.45, 7) is 2.80. The maximum Gasteiger partial charge on any atom is 0.298 e. The average Bonchev–Trinajstić information content (AvgIpc) is 2.40. The molecule has 0 saturated carbocycles. The largest absolute Gasteiger partial charge is 0.434 e. The number of allylic oxidation sites excluding steroid dienone is 2. The maximum atomic E-state index is 10.5. The van der Waals surface area contributed by atoms with Gasteiger partial charge in [0.2, 0.25) is 0 Å². The maximum absolute atomic E-state index is 10.5. The molecule has 1 unspecified atom stereocenters. The van der Waals surface area contributed by atoms with Crippen LogP contribution in [0.2, 0.25) is 0 Å². The second-order valence-electron chi connectivity index (χ2n) is 5.90. The fourth-order valence-electron chi connectivity index (χ4n) is 2.82. The van der Waals surface area contributed by atoms with E-state index in [1.165, 1.54) is 64.2 Å². The molecule has 1 aliphatic rings. The quantitative estimate of drug-likeness (QED) is 0.628. The molecule has 0 aromatic carbocycles. The molecule has 1 aliphatic carbocycles. The van der Waals surface area contributed by atoms with Gasteiger partial charge in [0.15, 0.2) is 0 Å². The van der Waals surface area contributed by atoms with Crippen molar-refractivity contribution in [3.05, 3.63) is 11.8 Å². The molecule has 0 aliphatic heterocycles. The topological polar surface area (TPSA) is 26.3 Å². The lowest BCUT2D eigenvalue weighted by Gasteiger charge is -2.10. The molecule has 0 N–H and O–H groups in total. The second-order valence-corrected chi connectivity index (χ2v) is 5.90. The lowest BCUT2D eigenvalue weighted by molar-refractivity contribution is -0.125. The van der Waals surface area contributed by atoms with Crippen molar-refractivity contribution in [3.8, 4) is 0 Å². The lowest BCUT2D eigenvalue weighted by atomic mass is 10.0. The van der Waals surface area contributed by atoms with Gasteiger partial charge in [-0.2, -0.15) is 0 Å². The predicted molar refractivity (Wildman–Crippen MR) is 79.8 cm³/mol. The summed E-state index contributed by atoms with van der Waals surface area (Å²) in [6, 6.07) is 0. The minimum Gasteiger partial charge on any atom is -0.434 e. The van der Waals surface area contributed by atoms with Crippen molar-refractivity contribution in [1.82, 2.24) is 0 Å². The van der Waals surface area contributed by atoms with E-state index in [0.29, 0.717) is 12.4 Å². The second kappa shape index (κ2) is 11.1. The van der Waals surface area contributed by atoms with Crippen LogP contribution >= 0.6 is 0 Å². The molecule has 1 atom stereocenters. The number of hydrogen-bond donors (Lipinski definition) is 0. The molecule has 2 nitrogen and oxygen atoms in total. The Hall–Kier alpha value is -0.790. The summed E-state index contributed by atoms with van der Waals surface area (Å²) in [5.74, 6) is 1.41. The summed E-state index contributed by atoms with van der Waals surface area (Å²) < 4.78 is 5.12. The summed E-state index contributed by atoms with van der Waals surface area (Å²) in [5.41, 5.74) is 0. The van der Waals surface area contributed by atoms with Crippen molar-refractivity contribution in [2.24, 2.45) is 5.92 Å². The van der Waals surface area contributed by atoms with Gasteiger partial charge >= 0.3 is 0 Å². The number of rotatable bonds is 2. The average molecular weight is 266 g/mol. The van der Waals surface area contributed by atoms with Gasteiger partial charge in [0.05, 0.1) is 0 Å². The minimum absolute atomic E-state index is 0.528. The van der Waals surface area contributed by atoms with E-state index in [1.54, 1.807) is 0 Å². The van der Waals surface area contributed by atoms with Gasteiger partial charge in [-0.05, 0) is 24.8 Å². The highest BCUT2D eigenvalue weighted by Gasteiger charge is 2.05. The summed E-state index contributed by atoms with van der Waals surface area (Å²) in [7, 11) is 0. The van der Waals surface area contributed by atoms with Gasteiger partial charge in [-0.25, -0.2) is 0 Å². The van der Waals surface area contributed by atoms with Gasteiger partial charge in [-0.3, -0.25) is 4.79 Å². The molecular formula is C17H30O2. The molecule has 0 heterocycles. The Balaban J connectivity index is 2.43. The first-order valence-corrected chi connectivity index (χ1v) is 8.14. The van der Waals surface area contributed by atoms with Crippen LogP contribution in [-0.2, 0) is 9.53 Å². The number of hydrogen-bond acceptors (Lipinski definition) is 2. The number of carbonyl (C=O) groups is 1. The SMILES string of the molecule is CC1C=C(OC=O)CCCCCCCCCCCC1. The Morgan fingerprint density at radius 3 is 2.05 bits per heavy atom. The van der Waals surface area contributed by atoms with E-state index < -0.39 is 0 Å². The molecule has 0 aromatic rings. The minimum atomic E-state index is 0.528. The first-order chi connectivity index (χ1) is 9.33. The van der Waals surface area contributed by atoms with Crippen molar-refractivity contribution < 1.29 is 9.53 Å². The Morgan fingerprint density at radius 1 is 0.947 bits per heavy atom. The zero-order valence-corrected chi connectivity index (χ0v) is 12.5.